The number of aliphatic carboxylic acids is 1. The molecule has 1 aliphatic heterocycles. The number of ketones is 1. The third kappa shape index (κ3) is 3.38. The Morgan fingerprint density at radius 1 is 1.21 bits per heavy atom. The first-order valence-electron chi connectivity index (χ1n) is 13.4. The Hall–Kier alpha value is -1.84. The number of aliphatic hydroxyl groups excluding tert-OH is 3. The fourth-order valence-corrected chi connectivity index (χ4v) is 7.36. The minimum Gasteiger partial charge on any atom is -0.479 e. The van der Waals surface area contributed by atoms with Gasteiger partial charge in [0.25, 0.3) is 0 Å². The van der Waals surface area contributed by atoms with Crippen LogP contribution in [0.2, 0.25) is 0 Å². The topological polar surface area (TPSA) is 134 Å². The van der Waals surface area contributed by atoms with Crippen LogP contribution in [0.3, 0.4) is 0 Å². The standard InChI is InChI=1S/C26H34O8/c1-12-10-14-15-4-5-18(33-24-21(30)19(28)20(29)22(34-24)23(31)32)26(15,3)9-7-16(14)25(2)8-6-13(27)11-17(12)25/h6,8,11,14-16,18-22,24,28-30H,1,4-5,7,9-10H2,2-3H3,(H,31,32)/t14-,15-,16-,18-,19-,20-,21+,22-,24+,25-,26-/m0/s1/i2D3. The van der Waals surface area contributed by atoms with Crippen LogP contribution in [0.5, 0.6) is 0 Å². The number of carboxylic acids is 1. The molecule has 34 heavy (non-hydrogen) atoms. The van der Waals surface area contributed by atoms with Crippen molar-refractivity contribution >= 4 is 11.8 Å². The quantitative estimate of drug-likeness (QED) is 0.483. The Balaban J connectivity index is 1.43. The molecular weight excluding hydrogens is 440 g/mol. The predicted octanol–water partition coefficient (Wildman–Crippen LogP) is 1.74. The zero-order chi connectivity index (χ0) is 27.1. The zero-order valence-corrected chi connectivity index (χ0v) is 19.1. The van der Waals surface area contributed by atoms with Crippen LogP contribution in [0.1, 0.15) is 50.0 Å². The van der Waals surface area contributed by atoms with Crippen LogP contribution in [0.4, 0.5) is 0 Å². The van der Waals surface area contributed by atoms with E-state index in [9.17, 15) is 30.0 Å². The molecule has 0 aromatic heterocycles. The van der Waals surface area contributed by atoms with Crippen LogP contribution < -0.4 is 0 Å². The lowest BCUT2D eigenvalue weighted by Gasteiger charge is -2.57. The second-order valence-electron chi connectivity index (χ2n) is 10.8. The molecule has 0 bridgehead atoms. The fourth-order valence-electron chi connectivity index (χ4n) is 7.36. The van der Waals surface area contributed by atoms with Crippen LogP contribution in [-0.2, 0) is 19.1 Å². The van der Waals surface area contributed by atoms with Crippen LogP contribution in [0.25, 0.3) is 0 Å². The summed E-state index contributed by atoms with van der Waals surface area (Å²) in [5.74, 6) is -1.88. The van der Waals surface area contributed by atoms with Gasteiger partial charge in [0.1, 0.15) is 18.3 Å². The zero-order valence-electron chi connectivity index (χ0n) is 22.1. The summed E-state index contributed by atoms with van der Waals surface area (Å²) in [6.07, 6.45) is -1.33. The summed E-state index contributed by atoms with van der Waals surface area (Å²) in [4.78, 5) is 23.7. The van der Waals surface area contributed by atoms with Crippen molar-refractivity contribution in [3.63, 3.8) is 0 Å². The van der Waals surface area contributed by atoms with Crippen molar-refractivity contribution in [1.29, 1.82) is 0 Å². The highest BCUT2D eigenvalue weighted by Gasteiger charge is 2.60. The number of hydrogen-bond donors (Lipinski definition) is 4. The van der Waals surface area contributed by atoms with Gasteiger partial charge in [-0.2, -0.15) is 0 Å². The van der Waals surface area contributed by atoms with Crippen molar-refractivity contribution in [2.75, 3.05) is 0 Å². The lowest BCUT2D eigenvalue weighted by molar-refractivity contribution is -0.312. The largest absolute Gasteiger partial charge is 0.479 e. The van der Waals surface area contributed by atoms with Gasteiger partial charge < -0.3 is 29.9 Å². The Bertz CT molecular complexity index is 1070. The third-order valence-electron chi connectivity index (χ3n) is 9.15. The molecule has 3 saturated carbocycles. The lowest BCUT2D eigenvalue weighted by Crippen LogP contribution is -2.61. The molecule has 0 amide bonds. The van der Waals surface area contributed by atoms with E-state index in [-0.39, 0.29) is 23.5 Å². The van der Waals surface area contributed by atoms with E-state index in [0.717, 1.165) is 6.42 Å². The van der Waals surface area contributed by atoms with Gasteiger partial charge in [0, 0.05) is 9.53 Å². The molecule has 186 valence electrons. The van der Waals surface area contributed by atoms with Crippen molar-refractivity contribution in [2.24, 2.45) is 28.6 Å². The molecule has 1 saturated heterocycles. The Morgan fingerprint density at radius 2 is 1.97 bits per heavy atom. The number of carbonyl (C=O) groups is 2. The first kappa shape index (κ1) is 20.4. The van der Waals surface area contributed by atoms with E-state index in [2.05, 4.69) is 13.5 Å². The van der Waals surface area contributed by atoms with Gasteiger partial charge in [0.05, 0.1) is 6.10 Å². The number of rotatable bonds is 3. The molecular formula is C26H34O8. The monoisotopic (exact) mass is 477 g/mol. The maximum Gasteiger partial charge on any atom is 0.335 e. The summed E-state index contributed by atoms with van der Waals surface area (Å²) in [5.41, 5.74) is -0.521. The number of allylic oxidation sites excluding steroid dienone is 5. The molecule has 1 heterocycles. The summed E-state index contributed by atoms with van der Waals surface area (Å²) in [6.45, 7) is 3.89. The van der Waals surface area contributed by atoms with Gasteiger partial charge in [0.2, 0.25) is 0 Å². The molecule has 0 aromatic carbocycles. The van der Waals surface area contributed by atoms with Gasteiger partial charge in [-0.25, -0.2) is 4.79 Å². The third-order valence-corrected chi connectivity index (χ3v) is 9.15. The predicted molar refractivity (Wildman–Crippen MR) is 120 cm³/mol. The first-order chi connectivity index (χ1) is 17.2. The van der Waals surface area contributed by atoms with Crippen LogP contribution in [0, 0.1) is 28.6 Å². The van der Waals surface area contributed by atoms with Gasteiger partial charge in [-0.3, -0.25) is 4.79 Å². The summed E-state index contributed by atoms with van der Waals surface area (Å²) >= 11 is 0. The van der Waals surface area contributed by atoms with Gasteiger partial charge in [0.15, 0.2) is 18.2 Å². The van der Waals surface area contributed by atoms with Gasteiger partial charge in [-0.15, -0.1) is 0 Å². The molecule has 5 rings (SSSR count). The average molecular weight is 478 g/mol. The van der Waals surface area contributed by atoms with E-state index in [1.807, 2.05) is 0 Å². The highest BCUT2D eigenvalue weighted by molar-refractivity contribution is 6.01. The Morgan fingerprint density at radius 3 is 2.68 bits per heavy atom. The molecule has 0 unspecified atom stereocenters. The first-order valence-corrected chi connectivity index (χ1v) is 11.9. The Kier molecular flexibility index (Phi) is 4.85. The van der Waals surface area contributed by atoms with Crippen LogP contribution >= 0.6 is 0 Å². The normalized spacial score (nSPS) is 51.9. The van der Waals surface area contributed by atoms with Crippen molar-refractivity contribution in [1.82, 2.24) is 0 Å². The van der Waals surface area contributed by atoms with E-state index >= 15 is 0 Å². The summed E-state index contributed by atoms with van der Waals surface area (Å²) < 4.78 is 37.0. The number of hydrogen-bond acceptors (Lipinski definition) is 7. The highest BCUT2D eigenvalue weighted by Crippen LogP contribution is 2.65. The minimum atomic E-state index is -2.37. The van der Waals surface area contributed by atoms with E-state index in [1.54, 1.807) is 6.08 Å². The molecule has 8 nitrogen and oxygen atoms in total. The number of fused-ring (bicyclic) bond motifs is 5. The lowest BCUT2D eigenvalue weighted by atomic mass is 9.47. The molecule has 4 fully saturated rings. The smallest absolute Gasteiger partial charge is 0.335 e. The number of ether oxygens (including phenoxy) is 2. The van der Waals surface area contributed by atoms with Crippen molar-refractivity contribution in [2.45, 2.75) is 82.7 Å². The van der Waals surface area contributed by atoms with E-state index in [4.69, 9.17) is 13.6 Å². The highest BCUT2D eigenvalue weighted by atomic mass is 16.7. The van der Waals surface area contributed by atoms with E-state index in [0.29, 0.717) is 36.8 Å². The molecule has 0 radical (unpaired) electrons. The fraction of sp³-hybridized carbons (Fsp3) is 0.692. The Labute approximate surface area is 203 Å². The second kappa shape index (κ2) is 8.10. The van der Waals surface area contributed by atoms with Crippen LogP contribution in [-0.4, -0.2) is 69.0 Å². The number of carbonyl (C=O) groups excluding carboxylic acids is 1. The minimum absolute atomic E-state index is 0.0216. The summed E-state index contributed by atoms with van der Waals surface area (Å²) in [7, 11) is 0. The van der Waals surface area contributed by atoms with E-state index < -0.39 is 60.5 Å². The molecule has 4 aliphatic carbocycles. The maximum absolute atomic E-state index is 12.2. The molecule has 11 atom stereocenters. The van der Waals surface area contributed by atoms with Gasteiger partial charge >= 0.3 is 5.97 Å². The molecule has 0 aromatic rings. The summed E-state index contributed by atoms with van der Waals surface area (Å²) in [6, 6.07) is 0. The maximum atomic E-state index is 12.2. The summed E-state index contributed by atoms with van der Waals surface area (Å²) in [5, 5.41) is 40.0. The molecule has 5 aliphatic rings. The van der Waals surface area contributed by atoms with Gasteiger partial charge in [-0.1, -0.05) is 32.0 Å². The average Bonchev–Trinajstić information content (AvgIpc) is 3.15. The van der Waals surface area contributed by atoms with Gasteiger partial charge in [-0.05, 0) is 73.0 Å². The number of carboxylic acid groups (broad SMARTS) is 1. The van der Waals surface area contributed by atoms with Crippen molar-refractivity contribution in [3.8, 4) is 0 Å². The van der Waals surface area contributed by atoms with Crippen molar-refractivity contribution in [3.05, 3.63) is 36.0 Å². The van der Waals surface area contributed by atoms with Crippen molar-refractivity contribution < 1.29 is 43.6 Å². The van der Waals surface area contributed by atoms with Crippen LogP contribution in [0.15, 0.2) is 36.0 Å². The molecule has 8 heteroatoms. The second-order valence-corrected chi connectivity index (χ2v) is 10.8. The SMILES string of the molecule is [2H]C([2H])([2H])[C@@]12C=CC(=O)C=C1C(=C)C[C@H]1[C@@H]3CC[C@H](O[C@@H]4O[C@H](C(=O)O)[C@@H](O)[C@H](O)[C@H]4O)[C@@]3(C)CC[C@@H]12. The number of aliphatic hydroxyl groups is 3. The molecule has 4 N–H and O–H groups in total. The van der Waals surface area contributed by atoms with E-state index in [1.165, 1.54) is 12.2 Å². The molecule has 0 spiro atoms.